The number of halogens is 1. The molecule has 96 valence electrons. The number of aromatic nitrogens is 4. The Morgan fingerprint density at radius 3 is 2.84 bits per heavy atom. The number of pyridine rings is 1. The maximum atomic E-state index is 5.88. The lowest BCUT2D eigenvalue weighted by atomic mass is 10.4. The standard InChI is InChI=1S/C12H10ClN5S/c13-11-3-2-10(19-11)6-15-9-1-4-12(16-5-9)18-8-14-7-17-18/h1-5,7-8,15H,6H2. The van der Waals surface area contributed by atoms with Gasteiger partial charge >= 0.3 is 0 Å². The van der Waals surface area contributed by atoms with Gasteiger partial charge in [0.15, 0.2) is 5.82 Å². The molecule has 0 radical (unpaired) electrons. The van der Waals surface area contributed by atoms with Gasteiger partial charge in [0.25, 0.3) is 0 Å². The molecule has 3 rings (SSSR count). The summed E-state index contributed by atoms with van der Waals surface area (Å²) in [6, 6.07) is 7.75. The smallest absolute Gasteiger partial charge is 0.155 e. The third kappa shape index (κ3) is 2.91. The minimum Gasteiger partial charge on any atom is -0.379 e. The molecule has 0 unspecified atom stereocenters. The van der Waals surface area contributed by atoms with Crippen molar-refractivity contribution in [3.8, 4) is 5.82 Å². The summed E-state index contributed by atoms with van der Waals surface area (Å²) in [4.78, 5) is 9.38. The lowest BCUT2D eigenvalue weighted by molar-refractivity contribution is 0.845. The maximum absolute atomic E-state index is 5.88. The third-order valence-corrected chi connectivity index (χ3v) is 3.73. The lowest BCUT2D eigenvalue weighted by Crippen LogP contribution is -2.01. The Balaban J connectivity index is 1.66. The van der Waals surface area contributed by atoms with E-state index in [0.717, 1.165) is 22.4 Å². The van der Waals surface area contributed by atoms with Crippen LogP contribution in [-0.2, 0) is 6.54 Å². The van der Waals surface area contributed by atoms with Crippen molar-refractivity contribution in [2.45, 2.75) is 6.54 Å². The first-order chi connectivity index (χ1) is 9.31. The molecule has 7 heteroatoms. The molecular weight excluding hydrogens is 282 g/mol. The van der Waals surface area contributed by atoms with Gasteiger partial charge < -0.3 is 5.32 Å². The molecule has 3 aromatic heterocycles. The van der Waals surface area contributed by atoms with Crippen LogP contribution in [0.4, 0.5) is 5.69 Å². The highest BCUT2D eigenvalue weighted by molar-refractivity contribution is 7.16. The first-order valence-corrected chi connectivity index (χ1v) is 6.80. The summed E-state index contributed by atoms with van der Waals surface area (Å²) in [7, 11) is 0. The lowest BCUT2D eigenvalue weighted by Gasteiger charge is -2.05. The van der Waals surface area contributed by atoms with Gasteiger partial charge in [-0.2, -0.15) is 5.10 Å². The average molecular weight is 292 g/mol. The van der Waals surface area contributed by atoms with Gasteiger partial charge in [0.1, 0.15) is 12.7 Å². The monoisotopic (exact) mass is 291 g/mol. The summed E-state index contributed by atoms with van der Waals surface area (Å²) in [5.41, 5.74) is 0.952. The molecule has 5 nitrogen and oxygen atoms in total. The molecule has 0 spiro atoms. The highest BCUT2D eigenvalue weighted by atomic mass is 35.5. The summed E-state index contributed by atoms with van der Waals surface area (Å²) in [5.74, 6) is 0.738. The second-order valence-corrected chi connectivity index (χ2v) is 5.60. The largest absolute Gasteiger partial charge is 0.379 e. The second kappa shape index (κ2) is 5.38. The summed E-state index contributed by atoms with van der Waals surface area (Å²) in [6.07, 6.45) is 4.86. The van der Waals surface area contributed by atoms with E-state index >= 15 is 0 Å². The zero-order valence-corrected chi connectivity index (χ0v) is 11.4. The predicted molar refractivity (Wildman–Crippen MR) is 75.8 cm³/mol. The van der Waals surface area contributed by atoms with Gasteiger partial charge in [-0.05, 0) is 24.3 Å². The van der Waals surface area contributed by atoms with E-state index in [1.165, 1.54) is 11.2 Å². The van der Waals surface area contributed by atoms with Gasteiger partial charge in [0.2, 0.25) is 0 Å². The Labute approximate surface area is 118 Å². The molecule has 0 atom stereocenters. The molecule has 0 bridgehead atoms. The van der Waals surface area contributed by atoms with E-state index in [9.17, 15) is 0 Å². The van der Waals surface area contributed by atoms with E-state index in [-0.39, 0.29) is 0 Å². The Morgan fingerprint density at radius 1 is 1.26 bits per heavy atom. The van der Waals surface area contributed by atoms with Crippen molar-refractivity contribution in [1.82, 2.24) is 19.7 Å². The maximum Gasteiger partial charge on any atom is 0.155 e. The van der Waals surface area contributed by atoms with Crippen LogP contribution < -0.4 is 5.32 Å². The van der Waals surface area contributed by atoms with Gasteiger partial charge in [-0.1, -0.05) is 11.6 Å². The molecule has 3 heterocycles. The molecule has 0 aliphatic heterocycles. The topological polar surface area (TPSA) is 55.6 Å². The van der Waals surface area contributed by atoms with E-state index < -0.39 is 0 Å². The van der Waals surface area contributed by atoms with Crippen molar-refractivity contribution < 1.29 is 0 Å². The van der Waals surface area contributed by atoms with Crippen molar-refractivity contribution in [2.75, 3.05) is 5.32 Å². The molecule has 0 aliphatic rings. The number of thiophene rings is 1. The van der Waals surface area contributed by atoms with Gasteiger partial charge in [-0.25, -0.2) is 14.6 Å². The van der Waals surface area contributed by atoms with Crippen LogP contribution in [-0.4, -0.2) is 19.7 Å². The van der Waals surface area contributed by atoms with Crippen LogP contribution >= 0.6 is 22.9 Å². The summed E-state index contributed by atoms with van der Waals surface area (Å²) < 4.78 is 2.42. The van der Waals surface area contributed by atoms with Crippen LogP contribution in [0, 0.1) is 0 Å². The van der Waals surface area contributed by atoms with Gasteiger partial charge in [-0.15, -0.1) is 11.3 Å². The van der Waals surface area contributed by atoms with Crippen LogP contribution in [0.15, 0.2) is 43.1 Å². The first kappa shape index (κ1) is 12.1. The fourth-order valence-corrected chi connectivity index (χ4v) is 2.62. The van der Waals surface area contributed by atoms with Gasteiger partial charge in [0.05, 0.1) is 16.2 Å². The molecule has 0 amide bonds. The summed E-state index contributed by atoms with van der Waals surface area (Å²) >= 11 is 7.45. The van der Waals surface area contributed by atoms with E-state index in [0.29, 0.717) is 0 Å². The summed E-state index contributed by atoms with van der Waals surface area (Å²) in [6.45, 7) is 0.738. The van der Waals surface area contributed by atoms with Crippen molar-refractivity contribution in [3.05, 3.63) is 52.3 Å². The fraction of sp³-hybridized carbons (Fsp3) is 0.0833. The average Bonchev–Trinajstić information content (AvgIpc) is 3.08. The number of hydrogen-bond donors (Lipinski definition) is 1. The van der Waals surface area contributed by atoms with Gasteiger partial charge in [0, 0.05) is 11.4 Å². The molecule has 1 N–H and O–H groups in total. The minimum atomic E-state index is 0.738. The Hall–Kier alpha value is -1.92. The molecule has 0 saturated heterocycles. The van der Waals surface area contributed by atoms with Crippen LogP contribution in [0.25, 0.3) is 5.82 Å². The number of nitrogens with one attached hydrogen (secondary N) is 1. The fourth-order valence-electron chi connectivity index (χ4n) is 1.59. The van der Waals surface area contributed by atoms with Crippen LogP contribution in [0.1, 0.15) is 4.88 Å². The number of nitrogens with zero attached hydrogens (tertiary/aromatic N) is 4. The van der Waals surface area contributed by atoms with E-state index in [1.54, 1.807) is 28.5 Å². The Kier molecular flexibility index (Phi) is 3.43. The van der Waals surface area contributed by atoms with Crippen LogP contribution in [0.2, 0.25) is 4.34 Å². The van der Waals surface area contributed by atoms with Crippen molar-refractivity contribution >= 4 is 28.6 Å². The van der Waals surface area contributed by atoms with Crippen molar-refractivity contribution in [2.24, 2.45) is 0 Å². The third-order valence-electron chi connectivity index (χ3n) is 2.50. The first-order valence-electron chi connectivity index (χ1n) is 5.60. The zero-order valence-electron chi connectivity index (χ0n) is 9.82. The van der Waals surface area contributed by atoms with Gasteiger partial charge in [-0.3, -0.25) is 0 Å². The Bertz CT molecular complexity index is 647. The number of hydrogen-bond acceptors (Lipinski definition) is 5. The van der Waals surface area contributed by atoms with E-state index in [2.05, 4.69) is 20.4 Å². The molecule has 0 aliphatic carbocycles. The molecule has 0 saturated carbocycles. The predicted octanol–water partition coefficient (Wildman–Crippen LogP) is 2.99. The van der Waals surface area contributed by atoms with Crippen molar-refractivity contribution in [3.63, 3.8) is 0 Å². The minimum absolute atomic E-state index is 0.738. The Morgan fingerprint density at radius 2 is 2.21 bits per heavy atom. The van der Waals surface area contributed by atoms with Crippen LogP contribution in [0.3, 0.4) is 0 Å². The SMILES string of the molecule is Clc1ccc(CNc2ccc(-n3cncn3)nc2)s1. The molecule has 0 fully saturated rings. The zero-order chi connectivity index (χ0) is 13.1. The quantitative estimate of drug-likeness (QED) is 0.803. The number of anilines is 1. The van der Waals surface area contributed by atoms with E-state index in [4.69, 9.17) is 11.6 Å². The normalized spacial score (nSPS) is 10.6. The highest BCUT2D eigenvalue weighted by Crippen LogP contribution is 2.22. The van der Waals surface area contributed by atoms with Crippen molar-refractivity contribution in [1.29, 1.82) is 0 Å². The molecular formula is C12H10ClN5S. The molecule has 3 aromatic rings. The highest BCUT2D eigenvalue weighted by Gasteiger charge is 2.00. The van der Waals surface area contributed by atoms with E-state index in [1.807, 2.05) is 24.3 Å². The molecule has 0 aromatic carbocycles. The number of rotatable bonds is 4. The molecule has 19 heavy (non-hydrogen) atoms. The van der Waals surface area contributed by atoms with Crippen LogP contribution in [0.5, 0.6) is 0 Å². The second-order valence-electron chi connectivity index (χ2n) is 3.80. The summed E-state index contributed by atoms with van der Waals surface area (Å²) in [5, 5.41) is 7.31.